The molecule has 1 N–H and O–H groups in total. The molecule has 0 spiro atoms. The minimum Gasteiger partial charge on any atom is -0.493 e. The summed E-state index contributed by atoms with van der Waals surface area (Å²) < 4.78 is 10.6. The van der Waals surface area contributed by atoms with Crippen LogP contribution in [0.15, 0.2) is 53.5 Å². The number of ether oxygens (including phenoxy) is 2. The fraction of sp³-hybridized carbons (Fsp3) is 0.227. The van der Waals surface area contributed by atoms with Crippen molar-refractivity contribution in [3.8, 4) is 11.5 Å². The lowest BCUT2D eigenvalue weighted by molar-refractivity contribution is -0.139. The summed E-state index contributed by atoms with van der Waals surface area (Å²) in [7, 11) is 1.41. The maximum Gasteiger partial charge on any atom is 0.336 e. The van der Waals surface area contributed by atoms with E-state index < -0.39 is 18.0 Å². The molecule has 1 unspecified atom stereocenters. The molecule has 2 aromatic rings. The predicted molar refractivity (Wildman–Crippen MR) is 113 cm³/mol. The largest absolute Gasteiger partial charge is 0.493 e. The number of methoxy groups -OCH3 is 1. The Balaban J connectivity index is 2.20. The third-order valence-electron chi connectivity index (χ3n) is 3.93. The van der Waals surface area contributed by atoms with Crippen LogP contribution >= 0.6 is 11.6 Å². The first-order valence-electron chi connectivity index (χ1n) is 8.90. The summed E-state index contributed by atoms with van der Waals surface area (Å²) in [6.45, 7) is 3.55. The number of halogens is 1. The third-order valence-corrected chi connectivity index (χ3v) is 4.22. The second-order valence-corrected chi connectivity index (χ2v) is 6.91. The minimum absolute atomic E-state index is 0.0765. The Morgan fingerprint density at radius 3 is 2.41 bits per heavy atom. The van der Waals surface area contributed by atoms with Crippen LogP contribution in [0.2, 0.25) is 5.02 Å². The predicted octanol–water partition coefficient (Wildman–Crippen LogP) is 4.50. The van der Waals surface area contributed by atoms with Crippen LogP contribution in [-0.2, 0) is 9.59 Å². The Morgan fingerprint density at radius 2 is 1.83 bits per heavy atom. The summed E-state index contributed by atoms with van der Waals surface area (Å²) in [5.74, 6) is -1.48. The van der Waals surface area contributed by atoms with Gasteiger partial charge in [-0.25, -0.2) is 9.59 Å². The van der Waals surface area contributed by atoms with Crippen molar-refractivity contribution in [2.75, 3.05) is 7.11 Å². The van der Waals surface area contributed by atoms with E-state index in [1.807, 2.05) is 30.3 Å². The molecule has 0 bridgehead atoms. The average molecular weight is 416 g/mol. The van der Waals surface area contributed by atoms with Crippen LogP contribution < -0.4 is 9.47 Å². The number of nitrogens with zero attached hydrogens (tertiary/aromatic N) is 1. The normalized spacial score (nSPS) is 12.4. The number of carbonyl (C=O) groups is 2. The Hall–Kier alpha value is -3.12. The first-order valence-corrected chi connectivity index (χ1v) is 9.28. The van der Waals surface area contributed by atoms with Crippen molar-refractivity contribution in [2.45, 2.75) is 19.9 Å². The summed E-state index contributed by atoms with van der Waals surface area (Å²) >= 11 is 6.26. The highest BCUT2D eigenvalue weighted by molar-refractivity contribution is 6.32. The fourth-order valence-electron chi connectivity index (χ4n) is 2.46. The van der Waals surface area contributed by atoms with Crippen molar-refractivity contribution < 1.29 is 24.2 Å². The standard InChI is InChI=1S/C22H22ClNO5/c1-14(2)20(22(26)27)24-13-16-11-17(23)21(18(12-16)28-3)29-19(25)10-9-15-7-5-4-6-8-15/h4-14,20H,1-3H3,(H,26,27)/b10-9?,24-13+. The molecule has 152 valence electrons. The van der Waals surface area contributed by atoms with E-state index >= 15 is 0 Å². The number of aliphatic imine (C=N–C) groups is 1. The van der Waals surface area contributed by atoms with Crippen molar-refractivity contribution in [1.29, 1.82) is 0 Å². The molecule has 0 fully saturated rings. The quantitative estimate of drug-likeness (QED) is 0.297. The van der Waals surface area contributed by atoms with Gasteiger partial charge < -0.3 is 14.6 Å². The van der Waals surface area contributed by atoms with Gasteiger partial charge in [0.1, 0.15) is 6.04 Å². The third kappa shape index (κ3) is 6.47. The summed E-state index contributed by atoms with van der Waals surface area (Å²) in [4.78, 5) is 27.5. The molecule has 2 rings (SSSR count). The zero-order chi connectivity index (χ0) is 21.4. The zero-order valence-corrected chi connectivity index (χ0v) is 17.1. The molecule has 6 nitrogen and oxygen atoms in total. The zero-order valence-electron chi connectivity index (χ0n) is 16.3. The van der Waals surface area contributed by atoms with Gasteiger partial charge in [0.15, 0.2) is 11.5 Å². The van der Waals surface area contributed by atoms with Gasteiger partial charge in [0.2, 0.25) is 0 Å². The van der Waals surface area contributed by atoms with Crippen LogP contribution in [0, 0.1) is 5.92 Å². The van der Waals surface area contributed by atoms with Crippen LogP contribution in [0.25, 0.3) is 6.08 Å². The van der Waals surface area contributed by atoms with Crippen molar-refractivity contribution in [3.05, 3.63) is 64.7 Å². The van der Waals surface area contributed by atoms with E-state index in [1.165, 1.54) is 25.5 Å². The average Bonchev–Trinajstić information content (AvgIpc) is 2.68. The molecule has 0 saturated carbocycles. The molecule has 0 aromatic heterocycles. The van der Waals surface area contributed by atoms with Crippen LogP contribution in [-0.4, -0.2) is 36.4 Å². The maximum atomic E-state index is 12.1. The van der Waals surface area contributed by atoms with E-state index in [-0.39, 0.29) is 22.4 Å². The van der Waals surface area contributed by atoms with E-state index in [0.717, 1.165) is 5.56 Å². The molecular formula is C22H22ClNO5. The topological polar surface area (TPSA) is 85.2 Å². The number of hydrogen-bond donors (Lipinski definition) is 1. The molecule has 1 atom stereocenters. The number of rotatable bonds is 8. The molecule has 29 heavy (non-hydrogen) atoms. The van der Waals surface area contributed by atoms with Crippen LogP contribution in [0.4, 0.5) is 0 Å². The van der Waals surface area contributed by atoms with Crippen molar-refractivity contribution in [2.24, 2.45) is 10.9 Å². The fourth-order valence-corrected chi connectivity index (χ4v) is 2.72. The van der Waals surface area contributed by atoms with E-state index in [1.54, 1.807) is 26.0 Å². The molecular weight excluding hydrogens is 394 g/mol. The van der Waals surface area contributed by atoms with Gasteiger partial charge in [-0.05, 0) is 35.3 Å². The number of benzene rings is 2. The molecule has 0 aliphatic rings. The number of carbonyl (C=O) groups excluding carboxylic acids is 1. The number of aliphatic carboxylic acids is 1. The summed E-state index contributed by atoms with van der Waals surface area (Å²) in [5, 5.41) is 9.37. The molecule has 0 heterocycles. The monoisotopic (exact) mass is 415 g/mol. The maximum absolute atomic E-state index is 12.1. The van der Waals surface area contributed by atoms with Crippen molar-refractivity contribution >= 4 is 35.8 Å². The van der Waals surface area contributed by atoms with E-state index in [9.17, 15) is 14.7 Å². The Bertz CT molecular complexity index is 922. The number of hydrogen-bond acceptors (Lipinski definition) is 5. The molecule has 7 heteroatoms. The van der Waals surface area contributed by atoms with Crippen LogP contribution in [0.5, 0.6) is 11.5 Å². The lowest BCUT2D eigenvalue weighted by atomic mass is 10.1. The Labute approximate surface area is 174 Å². The number of carboxylic acid groups (broad SMARTS) is 1. The van der Waals surface area contributed by atoms with E-state index in [2.05, 4.69) is 4.99 Å². The SMILES string of the molecule is COc1cc(/C=N/C(C(=O)O)C(C)C)cc(Cl)c1OC(=O)C=Cc1ccccc1. The second-order valence-electron chi connectivity index (χ2n) is 6.50. The minimum atomic E-state index is -1.01. The van der Waals surface area contributed by atoms with Crippen LogP contribution in [0.3, 0.4) is 0 Å². The van der Waals surface area contributed by atoms with Gasteiger partial charge in [-0.15, -0.1) is 0 Å². The first-order chi connectivity index (χ1) is 13.8. The molecule has 2 aromatic carbocycles. The van der Waals surface area contributed by atoms with E-state index in [0.29, 0.717) is 5.56 Å². The summed E-state index contributed by atoms with van der Waals surface area (Å²) in [6, 6.07) is 11.5. The van der Waals surface area contributed by atoms with Crippen LogP contribution in [0.1, 0.15) is 25.0 Å². The van der Waals surface area contributed by atoms with Crippen molar-refractivity contribution in [3.63, 3.8) is 0 Å². The van der Waals surface area contributed by atoms with Gasteiger partial charge in [0.05, 0.1) is 12.1 Å². The second kappa shape index (κ2) is 10.4. The van der Waals surface area contributed by atoms with Crippen molar-refractivity contribution in [1.82, 2.24) is 0 Å². The molecule has 0 aliphatic carbocycles. The lowest BCUT2D eigenvalue weighted by Gasteiger charge is -2.12. The summed E-state index contributed by atoms with van der Waals surface area (Å²) in [6.07, 6.45) is 4.33. The highest BCUT2D eigenvalue weighted by Crippen LogP contribution is 2.36. The van der Waals surface area contributed by atoms with Gasteiger partial charge in [0.25, 0.3) is 0 Å². The number of esters is 1. The molecule has 0 amide bonds. The van der Waals surface area contributed by atoms with Gasteiger partial charge in [-0.3, -0.25) is 4.99 Å². The lowest BCUT2D eigenvalue weighted by Crippen LogP contribution is -2.24. The first kappa shape index (κ1) is 22.2. The van der Waals surface area contributed by atoms with Gasteiger partial charge in [-0.1, -0.05) is 55.8 Å². The van der Waals surface area contributed by atoms with Gasteiger partial charge in [0, 0.05) is 12.3 Å². The van der Waals surface area contributed by atoms with Gasteiger partial charge in [-0.2, -0.15) is 0 Å². The summed E-state index contributed by atoms with van der Waals surface area (Å²) in [5.41, 5.74) is 1.38. The van der Waals surface area contributed by atoms with Gasteiger partial charge >= 0.3 is 11.9 Å². The molecule has 0 saturated heterocycles. The Morgan fingerprint density at radius 1 is 1.14 bits per heavy atom. The molecule has 0 aliphatic heterocycles. The van der Waals surface area contributed by atoms with E-state index in [4.69, 9.17) is 21.1 Å². The smallest absolute Gasteiger partial charge is 0.336 e. The highest BCUT2D eigenvalue weighted by Gasteiger charge is 2.20. The Kier molecular flexibility index (Phi) is 7.98. The number of carboxylic acids is 1. The molecule has 0 radical (unpaired) electrons. The highest BCUT2D eigenvalue weighted by atomic mass is 35.5.